The Kier molecular flexibility index (Phi) is 8.57. The minimum atomic E-state index is -3.78. The molecule has 0 amide bonds. The van der Waals surface area contributed by atoms with Crippen molar-refractivity contribution in [2.45, 2.75) is 75.3 Å². The number of benzene rings is 1. The molecule has 1 aliphatic carbocycles. The Morgan fingerprint density at radius 1 is 1.15 bits per heavy atom. The van der Waals surface area contributed by atoms with Crippen LogP contribution in [0, 0.1) is 11.8 Å². The van der Waals surface area contributed by atoms with E-state index in [1.54, 1.807) is 13.0 Å². The van der Waals surface area contributed by atoms with E-state index >= 15 is 0 Å². The molecule has 1 aromatic carbocycles. The van der Waals surface area contributed by atoms with Crippen LogP contribution in [-0.4, -0.2) is 81.4 Å². The molecule has 2 fully saturated rings. The van der Waals surface area contributed by atoms with Crippen molar-refractivity contribution in [1.82, 2.24) is 9.21 Å². The molecule has 2 aliphatic heterocycles. The van der Waals surface area contributed by atoms with Gasteiger partial charge in [-0.2, -0.15) is 4.31 Å². The summed E-state index contributed by atoms with van der Waals surface area (Å²) in [5.41, 5.74) is 1.18. The van der Waals surface area contributed by atoms with Gasteiger partial charge >= 0.3 is 0 Å². The number of hydrogen-bond donors (Lipinski definition) is 1. The lowest BCUT2D eigenvalue weighted by molar-refractivity contribution is 0.0402. The predicted octanol–water partition coefficient (Wildman–Crippen LogP) is 3.47. The third-order valence-corrected chi connectivity index (χ3v) is 9.94. The largest absolute Gasteiger partial charge is 0.487 e. The van der Waals surface area contributed by atoms with Crippen LogP contribution in [0.1, 0.15) is 63.9 Å². The summed E-state index contributed by atoms with van der Waals surface area (Å²) < 4.78 is 40.9. The van der Waals surface area contributed by atoms with Gasteiger partial charge in [0, 0.05) is 44.8 Å². The van der Waals surface area contributed by atoms with Crippen molar-refractivity contribution in [2.75, 3.05) is 46.5 Å². The van der Waals surface area contributed by atoms with Crippen molar-refractivity contribution in [3.63, 3.8) is 0 Å². The van der Waals surface area contributed by atoms with Gasteiger partial charge in [-0.15, -0.1) is 0 Å². The summed E-state index contributed by atoms with van der Waals surface area (Å²) in [6, 6.07) is 5.19. The molecule has 1 aromatic rings. The predicted molar refractivity (Wildman–Crippen MR) is 133 cm³/mol. The number of aliphatic hydroxyl groups is 1. The highest BCUT2D eigenvalue weighted by molar-refractivity contribution is 7.89. The Hall–Kier alpha value is -1.19. The third kappa shape index (κ3) is 5.78. The highest BCUT2D eigenvalue weighted by atomic mass is 32.2. The first kappa shape index (κ1) is 25.9. The molecule has 0 unspecified atom stereocenters. The van der Waals surface area contributed by atoms with Crippen LogP contribution in [0.25, 0.3) is 0 Å². The third-order valence-electron chi connectivity index (χ3n) is 7.92. The van der Waals surface area contributed by atoms with Crippen LogP contribution < -0.4 is 4.74 Å². The van der Waals surface area contributed by atoms with Gasteiger partial charge in [0.25, 0.3) is 0 Å². The molecular weight excluding hydrogens is 452 g/mol. The molecule has 3 aliphatic rings. The standard InChI is InChI=1S/C26H42N2O5S/c1-19-15-28(20(2)18-29)34(30,31)26-9-8-23(22-6-4-5-7-22)14-24(26)33-25(19)17-27(3)16-21-10-12-32-13-11-21/h8-9,14,19-22,25,29H,4-7,10-13,15-18H2,1-3H3/t19-,20+,25+/m1/s1. The molecule has 8 heteroatoms. The van der Waals surface area contributed by atoms with E-state index in [1.807, 2.05) is 12.1 Å². The maximum Gasteiger partial charge on any atom is 0.247 e. The number of rotatable bonds is 7. The molecule has 0 spiro atoms. The van der Waals surface area contributed by atoms with Crippen LogP contribution in [0.2, 0.25) is 0 Å². The van der Waals surface area contributed by atoms with Crippen LogP contribution in [0.15, 0.2) is 23.1 Å². The molecule has 3 atom stereocenters. The zero-order chi connectivity index (χ0) is 24.3. The van der Waals surface area contributed by atoms with Crippen molar-refractivity contribution in [1.29, 1.82) is 0 Å². The number of ether oxygens (including phenoxy) is 2. The van der Waals surface area contributed by atoms with Crippen LogP contribution in [0.4, 0.5) is 0 Å². The van der Waals surface area contributed by atoms with Gasteiger partial charge < -0.3 is 19.5 Å². The Morgan fingerprint density at radius 2 is 1.85 bits per heavy atom. The van der Waals surface area contributed by atoms with Gasteiger partial charge in [0.15, 0.2) is 0 Å². The summed E-state index contributed by atoms with van der Waals surface area (Å²) in [5, 5.41) is 9.84. The van der Waals surface area contributed by atoms with Crippen LogP contribution in [0.3, 0.4) is 0 Å². The van der Waals surface area contributed by atoms with Crippen molar-refractivity contribution in [3.8, 4) is 5.75 Å². The van der Waals surface area contributed by atoms with Gasteiger partial charge in [-0.25, -0.2) is 8.42 Å². The molecule has 192 valence electrons. The molecule has 1 saturated heterocycles. The topological polar surface area (TPSA) is 79.3 Å². The molecule has 1 saturated carbocycles. The summed E-state index contributed by atoms with van der Waals surface area (Å²) in [5.74, 6) is 1.54. The molecular formula is C26H42N2O5S. The summed E-state index contributed by atoms with van der Waals surface area (Å²) >= 11 is 0. The van der Waals surface area contributed by atoms with Crippen molar-refractivity contribution >= 4 is 10.0 Å². The van der Waals surface area contributed by atoms with Crippen LogP contribution in [-0.2, 0) is 14.8 Å². The molecule has 1 N–H and O–H groups in total. The van der Waals surface area contributed by atoms with Crippen molar-refractivity contribution in [3.05, 3.63) is 23.8 Å². The highest BCUT2D eigenvalue weighted by Gasteiger charge is 2.38. The quantitative estimate of drug-likeness (QED) is 0.625. The van der Waals surface area contributed by atoms with Gasteiger partial charge in [-0.3, -0.25) is 0 Å². The van der Waals surface area contributed by atoms with E-state index in [-0.39, 0.29) is 23.5 Å². The zero-order valence-corrected chi connectivity index (χ0v) is 21.8. The first-order chi connectivity index (χ1) is 16.3. The Bertz CT molecular complexity index is 912. The normalized spacial score (nSPS) is 27.7. The lowest BCUT2D eigenvalue weighted by Crippen LogP contribution is -2.50. The second-order valence-electron chi connectivity index (χ2n) is 10.7. The van der Waals surface area contributed by atoms with Crippen molar-refractivity contribution in [2.24, 2.45) is 11.8 Å². The lowest BCUT2D eigenvalue weighted by atomic mass is 9.97. The summed E-state index contributed by atoms with van der Waals surface area (Å²) in [4.78, 5) is 2.55. The highest BCUT2D eigenvalue weighted by Crippen LogP contribution is 2.39. The van der Waals surface area contributed by atoms with Gasteiger partial charge in [-0.1, -0.05) is 25.8 Å². The Labute approximate surface area is 205 Å². The number of aliphatic hydroxyl groups excluding tert-OH is 1. The molecule has 4 rings (SSSR count). The fourth-order valence-corrected chi connectivity index (χ4v) is 7.55. The second kappa shape index (κ2) is 11.2. The van der Waals surface area contributed by atoms with Gasteiger partial charge in [0.05, 0.1) is 6.61 Å². The fourth-order valence-electron chi connectivity index (χ4n) is 5.72. The summed E-state index contributed by atoms with van der Waals surface area (Å²) in [6.45, 7) is 7.32. The van der Waals surface area contributed by atoms with E-state index in [4.69, 9.17) is 9.47 Å². The number of hydrogen-bond acceptors (Lipinski definition) is 6. The molecule has 0 bridgehead atoms. The maximum absolute atomic E-state index is 13.7. The molecule has 0 aromatic heterocycles. The van der Waals surface area contributed by atoms with Gasteiger partial charge in [0.1, 0.15) is 16.7 Å². The average Bonchev–Trinajstić information content (AvgIpc) is 3.36. The van der Waals surface area contributed by atoms with Gasteiger partial charge in [-0.05, 0) is 69.2 Å². The van der Waals surface area contributed by atoms with E-state index in [9.17, 15) is 13.5 Å². The van der Waals surface area contributed by atoms with Crippen LogP contribution in [0.5, 0.6) is 5.75 Å². The van der Waals surface area contributed by atoms with E-state index < -0.39 is 16.1 Å². The first-order valence-electron chi connectivity index (χ1n) is 13.0. The minimum Gasteiger partial charge on any atom is -0.487 e. The van der Waals surface area contributed by atoms with E-state index in [0.717, 1.165) is 52.0 Å². The number of fused-ring (bicyclic) bond motifs is 1. The van der Waals surface area contributed by atoms with Gasteiger partial charge in [0.2, 0.25) is 10.0 Å². The smallest absolute Gasteiger partial charge is 0.247 e. The monoisotopic (exact) mass is 494 g/mol. The molecule has 2 heterocycles. The Balaban J connectivity index is 1.63. The molecule has 0 radical (unpaired) electrons. The summed E-state index contributed by atoms with van der Waals surface area (Å²) in [7, 11) is -1.65. The molecule has 34 heavy (non-hydrogen) atoms. The lowest BCUT2D eigenvalue weighted by Gasteiger charge is -2.38. The SMILES string of the molecule is C[C@@H]1CN([C@@H](C)CO)S(=O)(=O)c2ccc(C3CCCC3)cc2O[C@H]1CN(C)CC1CCOCC1. The Morgan fingerprint density at radius 3 is 2.53 bits per heavy atom. The van der Waals surface area contributed by atoms with E-state index in [1.165, 1.54) is 22.7 Å². The maximum atomic E-state index is 13.7. The van der Waals surface area contributed by atoms with E-state index in [2.05, 4.69) is 18.9 Å². The number of nitrogens with zero attached hydrogens (tertiary/aromatic N) is 2. The zero-order valence-electron chi connectivity index (χ0n) is 21.0. The number of likely N-dealkylation sites (N-methyl/N-ethyl adjacent to an activating group) is 1. The van der Waals surface area contributed by atoms with Crippen molar-refractivity contribution < 1.29 is 23.0 Å². The first-order valence-corrected chi connectivity index (χ1v) is 14.4. The summed E-state index contributed by atoms with van der Waals surface area (Å²) in [6.07, 6.45) is 6.75. The van der Waals surface area contributed by atoms with Crippen LogP contribution >= 0.6 is 0 Å². The second-order valence-corrected chi connectivity index (χ2v) is 12.6. The van der Waals surface area contributed by atoms with E-state index in [0.29, 0.717) is 24.1 Å². The average molecular weight is 495 g/mol. The minimum absolute atomic E-state index is 0.0239. The molecule has 7 nitrogen and oxygen atoms in total. The number of sulfonamides is 1. The fraction of sp³-hybridized carbons (Fsp3) is 0.769.